The molecule has 0 N–H and O–H groups in total. The molecule has 0 saturated carbocycles. The highest BCUT2D eigenvalue weighted by molar-refractivity contribution is 7.14. The fraction of sp³-hybridized carbons (Fsp3) is 0.346. The van der Waals surface area contributed by atoms with Crippen LogP contribution in [0.1, 0.15) is 65.6 Å². The van der Waals surface area contributed by atoms with Crippen molar-refractivity contribution >= 4 is 29.1 Å². The summed E-state index contributed by atoms with van der Waals surface area (Å²) in [6, 6.07) is 10.7. The van der Waals surface area contributed by atoms with Crippen LogP contribution in [-0.2, 0) is 22.3 Å². The number of esters is 2. The molecule has 2 heterocycles. The molecule has 33 heavy (non-hydrogen) atoms. The first kappa shape index (κ1) is 23.0. The summed E-state index contributed by atoms with van der Waals surface area (Å²) in [4.78, 5) is 38.9. The maximum atomic E-state index is 12.9. The van der Waals surface area contributed by atoms with E-state index in [1.807, 2.05) is 24.5 Å². The summed E-state index contributed by atoms with van der Waals surface area (Å²) in [5, 5.41) is 0. The SMILES string of the molecule is COC(=O)c1ccc(-n2c(C)cc(C(=O)COC(=O)c3cc4c(s3)CC[C@H](C)C4)c2C)cc1. The molecule has 7 heteroatoms. The Kier molecular flexibility index (Phi) is 6.51. The van der Waals surface area contributed by atoms with E-state index in [1.54, 1.807) is 30.3 Å². The van der Waals surface area contributed by atoms with Gasteiger partial charge in [0.05, 0.1) is 12.7 Å². The maximum Gasteiger partial charge on any atom is 0.348 e. The van der Waals surface area contributed by atoms with Gasteiger partial charge >= 0.3 is 11.9 Å². The number of carbonyl (C=O) groups is 3. The van der Waals surface area contributed by atoms with Gasteiger partial charge in [0.2, 0.25) is 5.78 Å². The summed E-state index contributed by atoms with van der Waals surface area (Å²) in [6.07, 6.45) is 3.13. The molecule has 0 amide bonds. The highest BCUT2D eigenvalue weighted by Gasteiger charge is 2.23. The number of ether oxygens (including phenoxy) is 2. The second-order valence-corrected chi connectivity index (χ2v) is 9.70. The van der Waals surface area contributed by atoms with Crippen LogP contribution < -0.4 is 0 Å². The van der Waals surface area contributed by atoms with Gasteiger partial charge in [-0.2, -0.15) is 0 Å². The van der Waals surface area contributed by atoms with Crippen LogP contribution in [-0.4, -0.2) is 36.0 Å². The van der Waals surface area contributed by atoms with Crippen LogP contribution in [0.25, 0.3) is 5.69 Å². The zero-order chi connectivity index (χ0) is 23.7. The molecule has 0 aliphatic heterocycles. The molecule has 0 bridgehead atoms. The molecule has 0 radical (unpaired) electrons. The van der Waals surface area contributed by atoms with Crippen molar-refractivity contribution in [1.29, 1.82) is 0 Å². The van der Waals surface area contributed by atoms with Gasteiger partial charge in [-0.05, 0) is 81.0 Å². The number of rotatable bonds is 6. The molecule has 1 atom stereocenters. The number of hydrogen-bond donors (Lipinski definition) is 0. The van der Waals surface area contributed by atoms with E-state index in [0.717, 1.165) is 36.3 Å². The molecule has 1 aromatic carbocycles. The maximum absolute atomic E-state index is 12.9. The smallest absolute Gasteiger partial charge is 0.348 e. The molecule has 0 spiro atoms. The Morgan fingerprint density at radius 1 is 1.09 bits per heavy atom. The number of benzene rings is 1. The van der Waals surface area contributed by atoms with E-state index >= 15 is 0 Å². The van der Waals surface area contributed by atoms with Crippen LogP contribution in [0, 0.1) is 19.8 Å². The number of carbonyl (C=O) groups excluding carboxylic acids is 3. The lowest BCUT2D eigenvalue weighted by Gasteiger charge is -2.16. The van der Waals surface area contributed by atoms with Gasteiger partial charge in [0, 0.05) is 27.5 Å². The largest absolute Gasteiger partial charge is 0.465 e. The van der Waals surface area contributed by atoms with Crippen molar-refractivity contribution in [3.63, 3.8) is 0 Å². The van der Waals surface area contributed by atoms with Gasteiger partial charge in [-0.1, -0.05) is 6.92 Å². The molecular weight excluding hydrogens is 438 g/mol. The molecule has 2 aromatic heterocycles. The average molecular weight is 466 g/mol. The van der Waals surface area contributed by atoms with Crippen molar-refractivity contribution < 1.29 is 23.9 Å². The van der Waals surface area contributed by atoms with Crippen LogP contribution in [0.4, 0.5) is 0 Å². The third kappa shape index (κ3) is 4.64. The number of ketones is 1. The van der Waals surface area contributed by atoms with Crippen LogP contribution in [0.3, 0.4) is 0 Å². The molecule has 1 aliphatic rings. The van der Waals surface area contributed by atoms with Gasteiger partial charge in [0.1, 0.15) is 4.88 Å². The van der Waals surface area contributed by atoms with Gasteiger partial charge in [-0.15, -0.1) is 11.3 Å². The van der Waals surface area contributed by atoms with Gasteiger partial charge in [-0.25, -0.2) is 9.59 Å². The molecule has 6 nitrogen and oxygen atoms in total. The zero-order valence-electron chi connectivity index (χ0n) is 19.3. The summed E-state index contributed by atoms with van der Waals surface area (Å²) in [7, 11) is 1.34. The Morgan fingerprint density at radius 3 is 2.52 bits per heavy atom. The normalized spacial score (nSPS) is 15.1. The van der Waals surface area contributed by atoms with Crippen molar-refractivity contribution in [3.8, 4) is 5.69 Å². The van der Waals surface area contributed by atoms with Gasteiger partial charge in [0.15, 0.2) is 6.61 Å². The minimum absolute atomic E-state index is 0.246. The van der Waals surface area contributed by atoms with Gasteiger partial charge < -0.3 is 14.0 Å². The number of thiophene rings is 1. The molecule has 0 fully saturated rings. The highest BCUT2D eigenvalue weighted by Crippen LogP contribution is 2.32. The highest BCUT2D eigenvalue weighted by atomic mass is 32.1. The summed E-state index contributed by atoms with van der Waals surface area (Å²) in [5.41, 5.74) is 4.65. The predicted molar refractivity (Wildman–Crippen MR) is 127 cm³/mol. The Bertz CT molecular complexity index is 1220. The number of aromatic nitrogens is 1. The van der Waals surface area contributed by atoms with Crippen molar-refractivity contribution in [2.75, 3.05) is 13.7 Å². The fourth-order valence-electron chi connectivity index (χ4n) is 4.39. The lowest BCUT2D eigenvalue weighted by Crippen LogP contribution is -2.14. The topological polar surface area (TPSA) is 74.6 Å². The average Bonchev–Trinajstić information content (AvgIpc) is 3.36. The summed E-state index contributed by atoms with van der Waals surface area (Å²) >= 11 is 1.48. The number of fused-ring (bicyclic) bond motifs is 1. The van der Waals surface area contributed by atoms with E-state index in [4.69, 9.17) is 9.47 Å². The standard InChI is InChI=1S/C26H27NO5S/c1-15-5-10-23-19(11-15)13-24(33-23)26(30)32-14-22(28)21-12-16(2)27(17(21)3)20-8-6-18(7-9-20)25(29)31-4/h6-9,12-13,15H,5,10-11,14H2,1-4H3/t15-/m0/s1. The van der Waals surface area contributed by atoms with E-state index in [1.165, 1.54) is 28.9 Å². The predicted octanol–water partition coefficient (Wildman–Crippen LogP) is 5.11. The third-order valence-corrected chi connectivity index (χ3v) is 7.36. The minimum atomic E-state index is -0.442. The Balaban J connectivity index is 1.46. The van der Waals surface area contributed by atoms with Crippen LogP contribution in [0.2, 0.25) is 0 Å². The van der Waals surface area contributed by atoms with Crippen LogP contribution >= 0.6 is 11.3 Å². The third-order valence-electron chi connectivity index (χ3n) is 6.14. The number of methoxy groups -OCH3 is 1. The second-order valence-electron chi connectivity index (χ2n) is 8.57. The molecule has 1 aliphatic carbocycles. The Hall–Kier alpha value is -3.19. The summed E-state index contributed by atoms with van der Waals surface area (Å²) in [6.45, 7) is 5.68. The monoisotopic (exact) mass is 465 g/mol. The Labute approximate surface area is 197 Å². The van der Waals surface area contributed by atoms with E-state index in [9.17, 15) is 14.4 Å². The first-order valence-corrected chi connectivity index (χ1v) is 11.8. The lowest BCUT2D eigenvalue weighted by atomic mass is 9.90. The molecule has 172 valence electrons. The lowest BCUT2D eigenvalue weighted by molar-refractivity contribution is 0.0479. The quantitative estimate of drug-likeness (QED) is 0.374. The molecular formula is C26H27NO5S. The number of aryl methyl sites for hydroxylation is 2. The van der Waals surface area contributed by atoms with E-state index in [2.05, 4.69) is 6.92 Å². The number of nitrogens with zero attached hydrogens (tertiary/aromatic N) is 1. The number of Topliss-reactive ketones (excluding diaryl/α,β-unsaturated/α-hetero) is 1. The molecule has 0 saturated heterocycles. The Morgan fingerprint density at radius 2 is 1.82 bits per heavy atom. The number of hydrogen-bond acceptors (Lipinski definition) is 6. The first-order valence-electron chi connectivity index (χ1n) is 11.0. The van der Waals surface area contributed by atoms with Crippen molar-refractivity contribution in [2.45, 2.75) is 40.0 Å². The second kappa shape index (κ2) is 9.35. The van der Waals surface area contributed by atoms with Crippen molar-refractivity contribution in [2.24, 2.45) is 5.92 Å². The minimum Gasteiger partial charge on any atom is -0.465 e. The van der Waals surface area contributed by atoms with Gasteiger partial charge in [0.25, 0.3) is 0 Å². The zero-order valence-corrected chi connectivity index (χ0v) is 20.1. The van der Waals surface area contributed by atoms with E-state index < -0.39 is 11.9 Å². The van der Waals surface area contributed by atoms with Crippen LogP contribution in [0.15, 0.2) is 36.4 Å². The van der Waals surface area contributed by atoms with Crippen molar-refractivity contribution in [3.05, 3.63) is 74.2 Å². The van der Waals surface area contributed by atoms with Crippen molar-refractivity contribution in [1.82, 2.24) is 4.57 Å². The molecule has 3 aromatic rings. The molecule has 0 unspecified atom stereocenters. The van der Waals surface area contributed by atoms with E-state index in [0.29, 0.717) is 21.9 Å². The van der Waals surface area contributed by atoms with Crippen LogP contribution in [0.5, 0.6) is 0 Å². The molecule has 4 rings (SSSR count). The summed E-state index contributed by atoms with van der Waals surface area (Å²) < 4.78 is 12.0. The fourth-order valence-corrected chi connectivity index (χ4v) is 5.50. The summed E-state index contributed by atoms with van der Waals surface area (Å²) in [5.74, 6) is -0.461. The van der Waals surface area contributed by atoms with Gasteiger partial charge in [-0.3, -0.25) is 4.79 Å². The van der Waals surface area contributed by atoms with E-state index in [-0.39, 0.29) is 12.4 Å². The first-order chi connectivity index (χ1) is 15.8.